The highest BCUT2D eigenvalue weighted by Crippen LogP contribution is 2.08. The minimum atomic E-state index is 1.14. The van der Waals surface area contributed by atoms with E-state index in [0.717, 1.165) is 6.42 Å². The van der Waals surface area contributed by atoms with E-state index in [0.29, 0.717) is 0 Å². The third kappa shape index (κ3) is 4.83. The lowest BCUT2D eigenvalue weighted by molar-refractivity contribution is 0.621. The lowest BCUT2D eigenvalue weighted by Crippen LogP contribution is -1.77. The molecule has 0 unspecified atom stereocenters. The molecule has 0 amide bonds. The van der Waals surface area contributed by atoms with E-state index >= 15 is 0 Å². The molecule has 1 radical (unpaired) electrons. The van der Waals surface area contributed by atoms with Crippen molar-refractivity contribution in [2.24, 2.45) is 0 Å². The first-order valence-electron chi connectivity index (χ1n) is 4.72. The summed E-state index contributed by atoms with van der Waals surface area (Å²) in [5.41, 5.74) is 0. The molecule has 0 heterocycles. The van der Waals surface area contributed by atoms with Crippen molar-refractivity contribution in [3.05, 3.63) is 24.3 Å². The minimum absolute atomic E-state index is 1.14. The Kier molecular flexibility index (Phi) is 4.84. The first-order valence-corrected chi connectivity index (χ1v) is 4.72. The largest absolute Gasteiger partial charge is 0.0845 e. The van der Waals surface area contributed by atoms with E-state index in [-0.39, 0.29) is 0 Å². The van der Waals surface area contributed by atoms with Crippen molar-refractivity contribution in [1.82, 2.24) is 0 Å². The van der Waals surface area contributed by atoms with Gasteiger partial charge in [-0.25, -0.2) is 0 Å². The van der Waals surface area contributed by atoms with Crippen LogP contribution < -0.4 is 0 Å². The lowest BCUT2D eigenvalue weighted by atomic mass is 10.1. The molecule has 11 heavy (non-hydrogen) atoms. The van der Waals surface area contributed by atoms with E-state index in [1.165, 1.54) is 38.5 Å². The molecule has 0 saturated heterocycles. The van der Waals surface area contributed by atoms with Gasteiger partial charge >= 0.3 is 0 Å². The first-order chi connectivity index (χ1) is 5.50. The van der Waals surface area contributed by atoms with Crippen molar-refractivity contribution in [2.45, 2.75) is 44.9 Å². The molecule has 61 valence electrons. The summed E-state index contributed by atoms with van der Waals surface area (Å²) in [6, 6.07) is 0. The Hall–Kier alpha value is -0.520. The first kappa shape index (κ1) is 8.58. The summed E-state index contributed by atoms with van der Waals surface area (Å²) in [6.45, 7) is 0. The molecular formula is C11H17. The maximum Gasteiger partial charge on any atom is -0.0276 e. The van der Waals surface area contributed by atoms with Crippen LogP contribution in [0.1, 0.15) is 44.9 Å². The molecule has 0 saturated carbocycles. The molecule has 0 aromatic rings. The van der Waals surface area contributed by atoms with Crippen LogP contribution in [-0.2, 0) is 0 Å². The molecule has 0 aliphatic heterocycles. The number of allylic oxidation sites excluding steroid dienone is 4. The van der Waals surface area contributed by atoms with Gasteiger partial charge in [0.1, 0.15) is 0 Å². The number of hydrogen-bond donors (Lipinski definition) is 0. The summed E-state index contributed by atoms with van der Waals surface area (Å²) in [6.07, 6.45) is 19.0. The van der Waals surface area contributed by atoms with Gasteiger partial charge in [0.2, 0.25) is 0 Å². The van der Waals surface area contributed by atoms with E-state index in [1.54, 1.807) is 0 Å². The number of rotatable bonds is 0. The zero-order valence-electron chi connectivity index (χ0n) is 7.18. The molecule has 0 fully saturated rings. The fourth-order valence-electron chi connectivity index (χ4n) is 1.34. The monoisotopic (exact) mass is 149 g/mol. The van der Waals surface area contributed by atoms with Crippen LogP contribution in [-0.4, -0.2) is 0 Å². The molecule has 0 N–H and O–H groups in total. The van der Waals surface area contributed by atoms with Gasteiger partial charge in [0, 0.05) is 0 Å². The summed E-state index contributed by atoms with van der Waals surface area (Å²) >= 11 is 0. The Morgan fingerprint density at radius 1 is 0.909 bits per heavy atom. The second-order valence-corrected chi connectivity index (χ2v) is 3.11. The Bertz CT molecular complexity index is 115. The molecule has 0 bridgehead atoms. The second-order valence-electron chi connectivity index (χ2n) is 3.11. The molecule has 1 rings (SSSR count). The molecule has 0 nitrogen and oxygen atoms in total. The summed E-state index contributed by atoms with van der Waals surface area (Å²) in [4.78, 5) is 0. The second kappa shape index (κ2) is 6.21. The van der Waals surface area contributed by atoms with E-state index in [1.807, 2.05) is 0 Å². The minimum Gasteiger partial charge on any atom is -0.0845 e. The maximum absolute atomic E-state index is 3.27. The summed E-state index contributed by atoms with van der Waals surface area (Å²) in [7, 11) is 0. The van der Waals surface area contributed by atoms with Crippen molar-refractivity contribution in [2.75, 3.05) is 0 Å². The topological polar surface area (TPSA) is 0 Å². The lowest BCUT2D eigenvalue weighted by Gasteiger charge is -1.96. The van der Waals surface area contributed by atoms with Gasteiger partial charge in [-0.2, -0.15) is 0 Å². The van der Waals surface area contributed by atoms with Crippen LogP contribution in [0.4, 0.5) is 0 Å². The molecule has 0 atom stereocenters. The van der Waals surface area contributed by atoms with Gasteiger partial charge in [-0.3, -0.25) is 0 Å². The predicted octanol–water partition coefficient (Wildman–Crippen LogP) is 3.65. The van der Waals surface area contributed by atoms with Gasteiger partial charge in [0.15, 0.2) is 0 Å². The number of hydrogen-bond acceptors (Lipinski definition) is 0. The van der Waals surface area contributed by atoms with Crippen LogP contribution in [0.5, 0.6) is 0 Å². The predicted molar refractivity (Wildman–Crippen MR) is 49.3 cm³/mol. The zero-order chi connectivity index (χ0) is 7.78. The average Bonchev–Trinajstić information content (AvgIpc) is 2.08. The third-order valence-corrected chi connectivity index (χ3v) is 2.04. The fraction of sp³-hybridized carbons (Fsp3) is 0.636. The van der Waals surface area contributed by atoms with Crippen molar-refractivity contribution in [3.8, 4) is 0 Å². The zero-order valence-corrected chi connectivity index (χ0v) is 7.18. The molecule has 0 spiro atoms. The molecule has 0 aromatic heterocycles. The summed E-state index contributed by atoms with van der Waals surface area (Å²) < 4.78 is 0. The van der Waals surface area contributed by atoms with Gasteiger partial charge in [-0.1, -0.05) is 37.5 Å². The normalized spacial score (nSPS) is 26.9. The van der Waals surface area contributed by atoms with E-state index in [9.17, 15) is 0 Å². The van der Waals surface area contributed by atoms with Crippen LogP contribution in [0.3, 0.4) is 0 Å². The Labute approximate surface area is 70.0 Å². The highest BCUT2D eigenvalue weighted by molar-refractivity contribution is 4.98. The van der Waals surface area contributed by atoms with Crippen LogP contribution in [0.15, 0.2) is 18.2 Å². The van der Waals surface area contributed by atoms with Gasteiger partial charge in [-0.15, -0.1) is 0 Å². The van der Waals surface area contributed by atoms with Crippen LogP contribution in [0.25, 0.3) is 0 Å². The Morgan fingerprint density at radius 3 is 2.73 bits per heavy atom. The highest BCUT2D eigenvalue weighted by atomic mass is 14.0. The molecule has 1 aliphatic carbocycles. The average molecular weight is 149 g/mol. The molecule has 0 aromatic carbocycles. The molecular weight excluding hydrogens is 132 g/mol. The van der Waals surface area contributed by atoms with Crippen LogP contribution >= 0.6 is 0 Å². The summed E-state index contributed by atoms with van der Waals surface area (Å²) in [5.74, 6) is 0. The maximum atomic E-state index is 3.27. The summed E-state index contributed by atoms with van der Waals surface area (Å²) in [5, 5.41) is 0. The van der Waals surface area contributed by atoms with Crippen molar-refractivity contribution in [3.63, 3.8) is 0 Å². The van der Waals surface area contributed by atoms with Crippen molar-refractivity contribution in [1.29, 1.82) is 0 Å². The van der Waals surface area contributed by atoms with Gasteiger partial charge in [0.05, 0.1) is 0 Å². The Morgan fingerprint density at radius 2 is 1.73 bits per heavy atom. The third-order valence-electron chi connectivity index (χ3n) is 2.04. The molecule has 1 aliphatic rings. The van der Waals surface area contributed by atoms with Crippen molar-refractivity contribution >= 4 is 0 Å². The van der Waals surface area contributed by atoms with Crippen LogP contribution in [0, 0.1) is 6.08 Å². The van der Waals surface area contributed by atoms with E-state index in [4.69, 9.17) is 0 Å². The van der Waals surface area contributed by atoms with Gasteiger partial charge in [-0.05, 0) is 31.8 Å². The van der Waals surface area contributed by atoms with E-state index < -0.39 is 0 Å². The fourth-order valence-corrected chi connectivity index (χ4v) is 1.34. The van der Waals surface area contributed by atoms with Gasteiger partial charge in [0.25, 0.3) is 0 Å². The van der Waals surface area contributed by atoms with Crippen molar-refractivity contribution < 1.29 is 0 Å². The van der Waals surface area contributed by atoms with E-state index in [2.05, 4.69) is 24.3 Å². The smallest absolute Gasteiger partial charge is 0.0276 e. The standard InChI is InChI=1S/C11H17/c1-2-4-6-8-10-11-9-7-5-3-1/h1-3H,4,6-11H2/b2-1-,5-3?. The SMILES string of the molecule is [C]1=C\C=C/CCCCCCC/1. The Balaban J connectivity index is 2.22. The van der Waals surface area contributed by atoms with Crippen LogP contribution in [0.2, 0.25) is 0 Å². The van der Waals surface area contributed by atoms with Gasteiger partial charge < -0.3 is 0 Å². The quantitative estimate of drug-likeness (QED) is 0.493. The highest BCUT2D eigenvalue weighted by Gasteiger charge is 1.89. The molecule has 0 heteroatoms.